The number of halogens is 3. The predicted molar refractivity (Wildman–Crippen MR) is 74.3 cm³/mol. The monoisotopic (exact) mass is 354 g/mol. The highest BCUT2D eigenvalue weighted by molar-refractivity contribution is 8.00. The summed E-state index contributed by atoms with van der Waals surface area (Å²) in [7, 11) is -5.66. The topological polar surface area (TPSA) is 52.6 Å². The molecule has 1 saturated carbocycles. The van der Waals surface area contributed by atoms with Gasteiger partial charge < -0.3 is 8.92 Å². The third kappa shape index (κ3) is 2.88. The molecule has 1 aliphatic carbocycles. The number of fused-ring (bicyclic) bond motifs is 1. The lowest BCUT2D eigenvalue weighted by Gasteiger charge is -2.31. The van der Waals surface area contributed by atoms with Gasteiger partial charge in [-0.15, -0.1) is 0 Å². The smallest absolute Gasteiger partial charge is 0.475 e. The van der Waals surface area contributed by atoms with Gasteiger partial charge in [0.25, 0.3) is 0 Å². The van der Waals surface area contributed by atoms with Crippen molar-refractivity contribution in [3.63, 3.8) is 0 Å². The van der Waals surface area contributed by atoms with E-state index in [0.29, 0.717) is 5.75 Å². The maximum absolute atomic E-state index is 12.3. The summed E-state index contributed by atoms with van der Waals surface area (Å²) in [5, 5.41) is 0. The molecule has 0 atom stereocenters. The van der Waals surface area contributed by atoms with Crippen LogP contribution in [-0.2, 0) is 10.1 Å². The van der Waals surface area contributed by atoms with Crippen molar-refractivity contribution < 1.29 is 30.5 Å². The Hall–Kier alpha value is -1.09. The average Bonchev–Trinajstić information content (AvgIpc) is 2.74. The van der Waals surface area contributed by atoms with Crippen LogP contribution in [0.1, 0.15) is 32.1 Å². The zero-order valence-corrected chi connectivity index (χ0v) is 13.0. The van der Waals surface area contributed by atoms with Gasteiger partial charge in [-0.05, 0) is 37.8 Å². The van der Waals surface area contributed by atoms with Crippen LogP contribution >= 0.6 is 11.8 Å². The lowest BCUT2D eigenvalue weighted by molar-refractivity contribution is -0.0500. The van der Waals surface area contributed by atoms with Crippen LogP contribution in [0.5, 0.6) is 11.5 Å². The first kappa shape index (κ1) is 15.8. The molecule has 0 amide bonds. The SMILES string of the molecule is O=S(=O)(Oc1ccc2c(c1)OC1(CCCCC1)S2)C(F)(F)F. The Bertz CT molecular complexity index is 679. The number of benzene rings is 1. The fraction of sp³-hybridized carbons (Fsp3) is 0.538. The lowest BCUT2D eigenvalue weighted by atomic mass is 9.97. The van der Waals surface area contributed by atoms with E-state index < -0.39 is 21.4 Å². The van der Waals surface area contributed by atoms with Crippen LogP contribution in [0.4, 0.5) is 13.2 Å². The molecule has 1 aliphatic heterocycles. The molecule has 22 heavy (non-hydrogen) atoms. The Morgan fingerprint density at radius 3 is 2.50 bits per heavy atom. The molecule has 1 heterocycles. The van der Waals surface area contributed by atoms with Crippen LogP contribution < -0.4 is 8.92 Å². The second-order valence-electron chi connectivity index (χ2n) is 5.27. The summed E-state index contributed by atoms with van der Waals surface area (Å²) in [6.07, 6.45) is 4.94. The number of ether oxygens (including phenoxy) is 1. The molecule has 1 spiro atoms. The molecular weight excluding hydrogens is 341 g/mol. The van der Waals surface area contributed by atoms with E-state index in [2.05, 4.69) is 4.18 Å². The second kappa shape index (κ2) is 5.23. The Morgan fingerprint density at radius 1 is 1.18 bits per heavy atom. The maximum atomic E-state index is 12.3. The third-order valence-corrected chi connectivity index (χ3v) is 6.01. The average molecular weight is 354 g/mol. The molecule has 9 heteroatoms. The summed E-state index contributed by atoms with van der Waals surface area (Å²) in [6, 6.07) is 3.94. The van der Waals surface area contributed by atoms with Crippen LogP contribution in [0.15, 0.2) is 23.1 Å². The Balaban J connectivity index is 1.81. The third-order valence-electron chi connectivity index (χ3n) is 3.61. The van der Waals surface area contributed by atoms with E-state index in [-0.39, 0.29) is 4.93 Å². The largest absolute Gasteiger partial charge is 0.534 e. The predicted octanol–water partition coefficient (Wildman–Crippen LogP) is 4.06. The van der Waals surface area contributed by atoms with Crippen LogP contribution in [-0.4, -0.2) is 18.9 Å². The Kier molecular flexibility index (Phi) is 3.75. The van der Waals surface area contributed by atoms with E-state index in [9.17, 15) is 21.6 Å². The van der Waals surface area contributed by atoms with Gasteiger partial charge in [0.1, 0.15) is 11.5 Å². The van der Waals surface area contributed by atoms with Gasteiger partial charge in [-0.3, -0.25) is 0 Å². The van der Waals surface area contributed by atoms with Crippen molar-refractivity contribution >= 4 is 21.9 Å². The molecule has 0 N–H and O–H groups in total. The first-order valence-electron chi connectivity index (χ1n) is 6.74. The number of hydrogen-bond donors (Lipinski definition) is 0. The van der Waals surface area contributed by atoms with Crippen LogP contribution in [0.25, 0.3) is 0 Å². The summed E-state index contributed by atoms with van der Waals surface area (Å²) in [5.74, 6) is -0.0219. The fourth-order valence-electron chi connectivity index (χ4n) is 2.59. The van der Waals surface area contributed by atoms with Gasteiger partial charge in [-0.25, -0.2) is 0 Å². The highest BCUT2D eigenvalue weighted by Gasteiger charge is 2.49. The minimum absolute atomic E-state index is 0.373. The van der Waals surface area contributed by atoms with E-state index in [1.54, 1.807) is 11.8 Å². The summed E-state index contributed by atoms with van der Waals surface area (Å²) in [5.41, 5.74) is -5.45. The normalized spacial score (nSPS) is 20.5. The summed E-state index contributed by atoms with van der Waals surface area (Å²) >= 11 is 1.54. The van der Waals surface area contributed by atoms with Gasteiger partial charge in [-0.2, -0.15) is 21.6 Å². The first-order valence-corrected chi connectivity index (χ1v) is 8.96. The van der Waals surface area contributed by atoms with E-state index in [1.807, 2.05) is 0 Å². The van der Waals surface area contributed by atoms with Crippen molar-refractivity contribution in [3.05, 3.63) is 18.2 Å². The second-order valence-corrected chi connectivity index (χ2v) is 8.19. The lowest BCUT2D eigenvalue weighted by Crippen LogP contribution is -2.31. The van der Waals surface area contributed by atoms with Crippen LogP contribution in [0.2, 0.25) is 0 Å². The highest BCUT2D eigenvalue weighted by atomic mass is 32.2. The molecule has 122 valence electrons. The molecular formula is C13H13F3O4S2. The minimum Gasteiger partial charge on any atom is -0.475 e. The van der Waals surface area contributed by atoms with Crippen molar-refractivity contribution in [1.82, 2.24) is 0 Å². The molecule has 1 aromatic carbocycles. The van der Waals surface area contributed by atoms with E-state index in [4.69, 9.17) is 4.74 Å². The molecule has 0 bridgehead atoms. The van der Waals surface area contributed by atoms with Crippen molar-refractivity contribution in [2.75, 3.05) is 0 Å². The molecule has 0 saturated heterocycles. The summed E-state index contributed by atoms with van der Waals surface area (Å²) in [4.78, 5) is 0.418. The number of rotatable bonds is 2. The molecule has 0 radical (unpaired) electrons. The van der Waals surface area contributed by atoms with E-state index in [1.165, 1.54) is 18.2 Å². The molecule has 2 aliphatic rings. The first-order chi connectivity index (χ1) is 10.2. The molecule has 1 fully saturated rings. The van der Waals surface area contributed by atoms with E-state index >= 15 is 0 Å². The highest BCUT2D eigenvalue weighted by Crippen LogP contribution is 2.54. The number of hydrogen-bond acceptors (Lipinski definition) is 5. The van der Waals surface area contributed by atoms with Crippen molar-refractivity contribution in [2.24, 2.45) is 0 Å². The van der Waals surface area contributed by atoms with E-state index in [0.717, 1.165) is 37.0 Å². The molecule has 3 rings (SSSR count). The minimum atomic E-state index is -5.66. The standard InChI is InChI=1S/C13H13F3O4S2/c14-13(15,16)22(17,18)20-9-4-5-11-10(8-9)19-12(21-11)6-2-1-3-7-12/h4-5,8H,1-3,6-7H2. The van der Waals surface area contributed by atoms with Gasteiger partial charge in [0.2, 0.25) is 0 Å². The Labute approximate surface area is 130 Å². The summed E-state index contributed by atoms with van der Waals surface area (Å²) < 4.78 is 69.0. The van der Waals surface area contributed by atoms with Crippen molar-refractivity contribution in [2.45, 2.75) is 47.4 Å². The molecule has 4 nitrogen and oxygen atoms in total. The molecule has 0 aromatic heterocycles. The van der Waals surface area contributed by atoms with Gasteiger partial charge in [-0.1, -0.05) is 18.2 Å². The van der Waals surface area contributed by atoms with Gasteiger partial charge >= 0.3 is 15.6 Å². The number of thioether (sulfide) groups is 1. The molecule has 1 aromatic rings. The fourth-order valence-corrected chi connectivity index (χ4v) is 4.41. The van der Waals surface area contributed by atoms with Crippen molar-refractivity contribution in [1.29, 1.82) is 0 Å². The van der Waals surface area contributed by atoms with Crippen LogP contribution in [0, 0.1) is 0 Å². The van der Waals surface area contributed by atoms with Crippen LogP contribution in [0.3, 0.4) is 0 Å². The number of alkyl halides is 3. The van der Waals surface area contributed by atoms with Crippen molar-refractivity contribution in [3.8, 4) is 11.5 Å². The maximum Gasteiger partial charge on any atom is 0.534 e. The Morgan fingerprint density at radius 2 is 1.86 bits per heavy atom. The zero-order valence-electron chi connectivity index (χ0n) is 11.4. The van der Waals surface area contributed by atoms with Gasteiger partial charge in [0, 0.05) is 6.07 Å². The molecule has 0 unspecified atom stereocenters. The van der Waals surface area contributed by atoms with Gasteiger partial charge in [0.05, 0.1) is 4.90 Å². The van der Waals surface area contributed by atoms with Gasteiger partial charge in [0.15, 0.2) is 4.93 Å². The zero-order chi connectivity index (χ0) is 16.0. The quantitative estimate of drug-likeness (QED) is 0.592. The summed E-state index contributed by atoms with van der Waals surface area (Å²) in [6.45, 7) is 0.